The van der Waals surface area contributed by atoms with Crippen molar-refractivity contribution in [1.82, 2.24) is 0 Å². The molecule has 0 N–H and O–H groups in total. The fourth-order valence-corrected chi connectivity index (χ4v) is 4.42. The summed E-state index contributed by atoms with van der Waals surface area (Å²) in [6.07, 6.45) is 0. The molecule has 0 amide bonds. The Labute approximate surface area is 205 Å². The second-order valence-corrected chi connectivity index (χ2v) is 9.18. The predicted octanol–water partition coefficient (Wildman–Crippen LogP) is 8.64. The molecule has 0 fully saturated rings. The fraction of sp³-hybridized carbons (Fsp3) is 0.200. The van der Waals surface area contributed by atoms with Gasteiger partial charge in [0, 0.05) is 27.5 Å². The molecule has 0 atom stereocenters. The van der Waals surface area contributed by atoms with Crippen LogP contribution >= 0.6 is 0 Å². The van der Waals surface area contributed by atoms with Gasteiger partial charge in [0.05, 0.1) is 17.9 Å². The molecule has 4 aromatic carbocycles. The van der Waals surface area contributed by atoms with Crippen LogP contribution in [0.1, 0.15) is 26.3 Å². The normalized spacial score (nSPS) is 12.2. The summed E-state index contributed by atoms with van der Waals surface area (Å²) in [7, 11) is 0.595. The minimum absolute atomic E-state index is 0.595. The predicted molar refractivity (Wildman–Crippen MR) is 112 cm³/mol. The lowest BCUT2D eigenvalue weighted by Gasteiger charge is -2.28. The Morgan fingerprint density at radius 3 is 1.08 bits per heavy atom. The maximum atomic E-state index is 15.5. The number of methoxy groups -OCH3 is 1. The third-order valence-electron chi connectivity index (χ3n) is 5.96. The zero-order valence-corrected chi connectivity index (χ0v) is 19.4. The Hall–Kier alpha value is -3.64. The fourth-order valence-electron chi connectivity index (χ4n) is 4.42. The molecule has 0 aliphatic heterocycles. The first-order valence-corrected chi connectivity index (χ1v) is 10.4. The Kier molecular flexibility index (Phi) is 6.27. The molecule has 0 unspecified atom stereocenters. The van der Waals surface area contributed by atoms with E-state index >= 15 is 22.0 Å². The van der Waals surface area contributed by atoms with Crippen LogP contribution in [0.4, 0.5) is 52.7 Å². The molecule has 202 valence electrons. The van der Waals surface area contributed by atoms with Crippen molar-refractivity contribution in [3.63, 3.8) is 0 Å². The third kappa shape index (κ3) is 3.43. The van der Waals surface area contributed by atoms with Gasteiger partial charge in [-0.3, -0.25) is 0 Å². The largest absolute Gasteiger partial charge is 0.493 e. The van der Waals surface area contributed by atoms with Crippen LogP contribution in [0.15, 0.2) is 0 Å². The molecule has 0 heterocycles. The van der Waals surface area contributed by atoms with Crippen molar-refractivity contribution in [2.45, 2.75) is 26.2 Å². The number of ether oxygens (including phenoxy) is 1. The number of hydrogen-bond acceptors (Lipinski definition) is 1. The highest BCUT2D eigenvalue weighted by Crippen LogP contribution is 2.51. The lowest BCUT2D eigenvalue weighted by molar-refractivity contribution is 0.372. The third-order valence-corrected chi connectivity index (χ3v) is 5.96. The summed E-state index contributed by atoms with van der Waals surface area (Å²) < 4.78 is 182. The second-order valence-electron chi connectivity index (χ2n) is 9.18. The lowest BCUT2D eigenvalue weighted by Crippen LogP contribution is -2.19. The molecule has 0 saturated carbocycles. The van der Waals surface area contributed by atoms with E-state index in [-0.39, 0.29) is 0 Å². The number of halogens is 12. The molecule has 4 aromatic rings. The summed E-state index contributed by atoms with van der Waals surface area (Å²) in [5, 5.41) is -7.17. The van der Waals surface area contributed by atoms with Crippen molar-refractivity contribution < 1.29 is 57.4 Å². The Morgan fingerprint density at radius 2 is 0.711 bits per heavy atom. The number of fused-ring (bicyclic) bond motifs is 2. The van der Waals surface area contributed by atoms with Crippen molar-refractivity contribution in [2.24, 2.45) is 0 Å². The quantitative estimate of drug-likeness (QED) is 0.137. The molecule has 0 aromatic heterocycles. The second kappa shape index (κ2) is 8.70. The first-order valence-electron chi connectivity index (χ1n) is 10.4. The first-order chi connectivity index (χ1) is 17.5. The maximum Gasteiger partial charge on any atom is 0.202 e. The van der Waals surface area contributed by atoms with Crippen LogP contribution in [-0.4, -0.2) is 7.11 Å². The Bertz CT molecular complexity index is 1700. The summed E-state index contributed by atoms with van der Waals surface area (Å²) in [5.41, 5.74) is -5.69. The summed E-state index contributed by atoms with van der Waals surface area (Å²) in [5.74, 6) is -30.5. The molecular weight excluding hydrogens is 544 g/mol. The summed E-state index contributed by atoms with van der Waals surface area (Å²) in [6.45, 7) is 3.33. The van der Waals surface area contributed by atoms with Crippen LogP contribution < -0.4 is 4.74 Å². The molecule has 0 radical (unpaired) electrons. The van der Waals surface area contributed by atoms with Crippen molar-refractivity contribution in [3.05, 3.63) is 75.4 Å². The molecule has 4 rings (SSSR count). The van der Waals surface area contributed by atoms with Crippen LogP contribution in [0.5, 0.6) is 5.75 Å². The lowest BCUT2D eigenvalue weighted by atomic mass is 9.77. The van der Waals surface area contributed by atoms with Gasteiger partial charge in [-0.25, -0.2) is 48.3 Å². The van der Waals surface area contributed by atoms with Crippen molar-refractivity contribution in [1.29, 1.82) is 0 Å². The first kappa shape index (κ1) is 27.4. The van der Waals surface area contributed by atoms with E-state index in [2.05, 4.69) is 4.74 Å². The highest BCUT2D eigenvalue weighted by Gasteiger charge is 2.39. The number of benzene rings is 4. The van der Waals surface area contributed by atoms with Crippen molar-refractivity contribution in [3.8, 4) is 16.9 Å². The van der Waals surface area contributed by atoms with Gasteiger partial charge in [-0.1, -0.05) is 20.8 Å². The molecular formula is C25H12F12O. The van der Waals surface area contributed by atoms with Crippen LogP contribution in [0.3, 0.4) is 0 Å². The van der Waals surface area contributed by atoms with Gasteiger partial charge in [-0.2, -0.15) is 4.39 Å². The number of hydrogen-bond donors (Lipinski definition) is 0. The Balaban J connectivity index is 2.57. The Morgan fingerprint density at radius 1 is 0.395 bits per heavy atom. The van der Waals surface area contributed by atoms with E-state index in [0.717, 1.165) is 20.8 Å². The highest BCUT2D eigenvalue weighted by atomic mass is 19.2. The average Bonchev–Trinajstić information content (AvgIpc) is 2.85. The smallest absolute Gasteiger partial charge is 0.202 e. The van der Waals surface area contributed by atoms with Crippen molar-refractivity contribution in [2.75, 3.05) is 7.11 Å². The standard InChI is InChI=1S/C25H12F12O/c1-25(2,3)11-5(6-9(14(28)18(11)32)15(29)21(35)19(33)12(6)26)8-7-10(17(31)23(37)24(8)38-4)16(30)22(36)20(34)13(7)27/h1-4H3. The molecule has 0 bridgehead atoms. The number of rotatable bonds is 2. The zero-order chi connectivity index (χ0) is 28.8. The van der Waals surface area contributed by atoms with E-state index in [9.17, 15) is 30.7 Å². The van der Waals surface area contributed by atoms with Crippen LogP contribution in [0, 0.1) is 69.8 Å². The monoisotopic (exact) mass is 556 g/mol. The van der Waals surface area contributed by atoms with Gasteiger partial charge in [-0.05, 0) is 5.41 Å². The topological polar surface area (TPSA) is 9.23 Å². The van der Waals surface area contributed by atoms with E-state index in [1.165, 1.54) is 0 Å². The summed E-state index contributed by atoms with van der Waals surface area (Å²) in [6, 6.07) is 0. The minimum Gasteiger partial charge on any atom is -0.493 e. The van der Waals surface area contributed by atoms with Gasteiger partial charge in [0.25, 0.3) is 0 Å². The maximum absolute atomic E-state index is 15.5. The van der Waals surface area contributed by atoms with E-state index in [1.807, 2.05) is 0 Å². The van der Waals surface area contributed by atoms with E-state index in [1.54, 1.807) is 0 Å². The van der Waals surface area contributed by atoms with E-state index in [0.29, 0.717) is 7.11 Å². The van der Waals surface area contributed by atoms with Crippen molar-refractivity contribution >= 4 is 21.5 Å². The summed E-state index contributed by atoms with van der Waals surface area (Å²) in [4.78, 5) is 0. The zero-order valence-electron chi connectivity index (χ0n) is 19.4. The molecule has 13 heteroatoms. The van der Waals surface area contributed by atoms with Gasteiger partial charge in [0.1, 0.15) is 0 Å². The van der Waals surface area contributed by atoms with E-state index in [4.69, 9.17) is 0 Å². The SMILES string of the molecule is COc1c(F)c(F)c2c(F)c(F)c(F)c(F)c2c1-c1c(C(C)(C)C)c(F)c(F)c2c(F)c(F)c(F)c(F)c12. The average molecular weight is 556 g/mol. The van der Waals surface area contributed by atoms with Gasteiger partial charge in [0.15, 0.2) is 69.7 Å². The summed E-state index contributed by atoms with van der Waals surface area (Å²) >= 11 is 0. The van der Waals surface area contributed by atoms with Crippen LogP contribution in [-0.2, 0) is 5.41 Å². The molecule has 0 saturated heterocycles. The molecule has 0 spiro atoms. The molecule has 0 aliphatic carbocycles. The van der Waals surface area contributed by atoms with E-state index < -0.39 is 119 Å². The molecule has 38 heavy (non-hydrogen) atoms. The van der Waals surface area contributed by atoms with Gasteiger partial charge in [-0.15, -0.1) is 0 Å². The highest BCUT2D eigenvalue weighted by molar-refractivity contribution is 6.10. The molecule has 1 nitrogen and oxygen atoms in total. The van der Waals surface area contributed by atoms with Gasteiger partial charge >= 0.3 is 0 Å². The van der Waals surface area contributed by atoms with Gasteiger partial charge < -0.3 is 4.74 Å². The van der Waals surface area contributed by atoms with Crippen LogP contribution in [0.2, 0.25) is 0 Å². The molecule has 0 aliphatic rings. The minimum atomic E-state index is -2.60. The van der Waals surface area contributed by atoms with Crippen LogP contribution in [0.25, 0.3) is 32.7 Å². The van der Waals surface area contributed by atoms with Gasteiger partial charge in [0.2, 0.25) is 5.82 Å².